The van der Waals surface area contributed by atoms with Crippen molar-refractivity contribution in [2.24, 2.45) is 5.73 Å². The van der Waals surface area contributed by atoms with Gasteiger partial charge >= 0.3 is 0 Å². The van der Waals surface area contributed by atoms with Crippen LogP contribution in [-0.2, 0) is 4.79 Å². The van der Waals surface area contributed by atoms with E-state index >= 15 is 0 Å². The molecule has 25 heavy (non-hydrogen) atoms. The maximum atomic E-state index is 12.3. The fourth-order valence-corrected chi connectivity index (χ4v) is 3.34. The van der Waals surface area contributed by atoms with Crippen LogP contribution in [0.25, 0.3) is 0 Å². The van der Waals surface area contributed by atoms with Crippen LogP contribution in [0, 0.1) is 22.7 Å². The molecule has 0 spiro atoms. The van der Waals surface area contributed by atoms with Crippen LogP contribution in [0.3, 0.4) is 0 Å². The first-order valence-electron chi connectivity index (χ1n) is 8.46. The third kappa shape index (κ3) is 5.19. The smallest absolute Gasteiger partial charge is 0.240 e. The lowest BCUT2D eigenvalue weighted by atomic mass is 10.1. The normalized spacial score (nSPS) is 17.6. The highest BCUT2D eigenvalue weighted by Crippen LogP contribution is 2.21. The Morgan fingerprint density at radius 3 is 2.96 bits per heavy atom. The van der Waals surface area contributed by atoms with E-state index in [2.05, 4.69) is 33.4 Å². The first-order valence-corrected chi connectivity index (χ1v) is 9.25. The summed E-state index contributed by atoms with van der Waals surface area (Å²) < 4.78 is 0.872. The Morgan fingerprint density at radius 2 is 2.24 bits per heavy atom. The van der Waals surface area contributed by atoms with E-state index in [4.69, 9.17) is 16.3 Å². The number of rotatable bonds is 7. The minimum atomic E-state index is -0.545. The van der Waals surface area contributed by atoms with Gasteiger partial charge in [-0.15, -0.1) is 0 Å². The standard InChI is InChI=1S/C18H22BrN5O/c19-14-6-7-17(13(10-14)11-20)23-8-2-1-5-16(22)18(25)24-9-3-4-15(24)12-21/h6-7,10,15-16,23H,1-5,8-9,22H2/t15-,16-/m0/s1. The highest BCUT2D eigenvalue weighted by molar-refractivity contribution is 9.10. The lowest BCUT2D eigenvalue weighted by Crippen LogP contribution is -2.45. The van der Waals surface area contributed by atoms with Crippen molar-refractivity contribution in [3.05, 3.63) is 28.2 Å². The van der Waals surface area contributed by atoms with Crippen molar-refractivity contribution in [1.29, 1.82) is 10.5 Å². The largest absolute Gasteiger partial charge is 0.384 e. The van der Waals surface area contributed by atoms with Crippen LogP contribution in [0.15, 0.2) is 22.7 Å². The molecule has 132 valence electrons. The quantitative estimate of drug-likeness (QED) is 0.680. The van der Waals surface area contributed by atoms with E-state index in [-0.39, 0.29) is 11.9 Å². The van der Waals surface area contributed by atoms with Crippen molar-refractivity contribution in [2.45, 2.75) is 44.2 Å². The number of benzene rings is 1. The van der Waals surface area contributed by atoms with Crippen molar-refractivity contribution >= 4 is 27.5 Å². The zero-order valence-corrected chi connectivity index (χ0v) is 15.6. The second kappa shape index (κ2) is 9.41. The summed E-state index contributed by atoms with van der Waals surface area (Å²) in [5.41, 5.74) is 7.40. The molecule has 7 heteroatoms. The summed E-state index contributed by atoms with van der Waals surface area (Å²) in [6.45, 7) is 1.34. The maximum absolute atomic E-state index is 12.3. The minimum absolute atomic E-state index is 0.114. The van der Waals surface area contributed by atoms with Gasteiger partial charge in [0.2, 0.25) is 5.91 Å². The van der Waals surface area contributed by atoms with E-state index in [1.807, 2.05) is 12.1 Å². The van der Waals surface area contributed by atoms with E-state index in [0.29, 0.717) is 25.1 Å². The van der Waals surface area contributed by atoms with Crippen LogP contribution in [0.1, 0.15) is 37.7 Å². The average Bonchev–Trinajstić information content (AvgIpc) is 3.10. The van der Waals surface area contributed by atoms with Crippen molar-refractivity contribution in [3.8, 4) is 12.1 Å². The van der Waals surface area contributed by atoms with Gasteiger partial charge in [0.15, 0.2) is 0 Å². The Morgan fingerprint density at radius 1 is 1.44 bits per heavy atom. The molecule has 1 aromatic carbocycles. The number of nitrogens with one attached hydrogen (secondary N) is 1. The Kier molecular flexibility index (Phi) is 7.24. The van der Waals surface area contributed by atoms with Crippen LogP contribution in [0.5, 0.6) is 0 Å². The van der Waals surface area contributed by atoms with Gasteiger partial charge in [0.05, 0.1) is 23.4 Å². The van der Waals surface area contributed by atoms with Crippen molar-refractivity contribution in [1.82, 2.24) is 4.90 Å². The Balaban J connectivity index is 1.72. The number of nitrogens with two attached hydrogens (primary N) is 1. The average molecular weight is 404 g/mol. The third-order valence-corrected chi connectivity index (χ3v) is 4.85. The van der Waals surface area contributed by atoms with E-state index < -0.39 is 6.04 Å². The summed E-state index contributed by atoms with van der Waals surface area (Å²) in [6.07, 6.45) is 3.87. The summed E-state index contributed by atoms with van der Waals surface area (Å²) in [5, 5.41) is 21.4. The molecule has 2 rings (SSSR count). The summed E-state index contributed by atoms with van der Waals surface area (Å²) in [7, 11) is 0. The van der Waals surface area contributed by atoms with Gasteiger partial charge in [0.1, 0.15) is 12.1 Å². The molecule has 0 saturated carbocycles. The summed E-state index contributed by atoms with van der Waals surface area (Å²) in [6, 6.07) is 9.00. The molecule has 0 aliphatic carbocycles. The minimum Gasteiger partial charge on any atom is -0.384 e. The van der Waals surface area contributed by atoms with E-state index in [9.17, 15) is 4.79 Å². The Labute approximate surface area is 156 Å². The van der Waals surface area contributed by atoms with Gasteiger partial charge in [0, 0.05) is 17.6 Å². The molecule has 6 nitrogen and oxygen atoms in total. The van der Waals surface area contributed by atoms with Gasteiger partial charge in [-0.3, -0.25) is 4.79 Å². The highest BCUT2D eigenvalue weighted by Gasteiger charge is 2.31. The first kappa shape index (κ1) is 19.2. The number of hydrogen-bond donors (Lipinski definition) is 2. The first-order chi connectivity index (χ1) is 12.1. The molecule has 0 aromatic heterocycles. The number of carbonyl (C=O) groups is 1. The monoisotopic (exact) mass is 403 g/mol. The molecule has 1 heterocycles. The molecule has 1 saturated heterocycles. The fourth-order valence-electron chi connectivity index (χ4n) is 2.98. The van der Waals surface area contributed by atoms with Crippen molar-refractivity contribution < 1.29 is 4.79 Å². The SMILES string of the molecule is N#Cc1cc(Br)ccc1NCCCC[C@H](N)C(=O)N1CCC[C@H]1C#N. The summed E-state index contributed by atoms with van der Waals surface area (Å²) in [4.78, 5) is 13.9. The maximum Gasteiger partial charge on any atom is 0.240 e. The molecule has 1 aliphatic heterocycles. The Hall–Kier alpha value is -2.09. The number of nitrogens with zero attached hydrogens (tertiary/aromatic N) is 3. The highest BCUT2D eigenvalue weighted by atomic mass is 79.9. The zero-order valence-electron chi connectivity index (χ0n) is 14.0. The van der Waals surface area contributed by atoms with Gasteiger partial charge in [-0.05, 0) is 50.3 Å². The third-order valence-electron chi connectivity index (χ3n) is 4.36. The summed E-state index contributed by atoms with van der Waals surface area (Å²) >= 11 is 3.35. The lowest BCUT2D eigenvalue weighted by Gasteiger charge is -2.23. The van der Waals surface area contributed by atoms with Gasteiger partial charge in [0.25, 0.3) is 0 Å². The van der Waals surface area contributed by atoms with Crippen LogP contribution in [0.4, 0.5) is 5.69 Å². The summed E-state index contributed by atoms with van der Waals surface area (Å²) in [5.74, 6) is -0.114. The number of nitriles is 2. The van der Waals surface area contributed by atoms with Crippen molar-refractivity contribution in [2.75, 3.05) is 18.4 Å². The molecule has 0 unspecified atom stereocenters. The lowest BCUT2D eigenvalue weighted by molar-refractivity contribution is -0.132. The van der Waals surface area contributed by atoms with Crippen LogP contribution >= 0.6 is 15.9 Å². The zero-order chi connectivity index (χ0) is 18.2. The molecular weight excluding hydrogens is 382 g/mol. The van der Waals surface area contributed by atoms with E-state index in [0.717, 1.165) is 35.8 Å². The number of likely N-dealkylation sites (tertiary alicyclic amines) is 1. The van der Waals surface area contributed by atoms with Crippen LogP contribution in [0.2, 0.25) is 0 Å². The van der Waals surface area contributed by atoms with Crippen LogP contribution < -0.4 is 11.1 Å². The van der Waals surface area contributed by atoms with Gasteiger partial charge in [-0.2, -0.15) is 10.5 Å². The molecule has 2 atom stereocenters. The predicted molar refractivity (Wildman–Crippen MR) is 99.5 cm³/mol. The Bertz CT molecular complexity index is 694. The molecule has 0 radical (unpaired) electrons. The van der Waals surface area contributed by atoms with Crippen LogP contribution in [-0.4, -0.2) is 36.0 Å². The predicted octanol–water partition coefficient (Wildman–Crippen LogP) is 2.74. The molecule has 1 aliphatic rings. The van der Waals surface area contributed by atoms with Gasteiger partial charge in [-0.25, -0.2) is 0 Å². The molecule has 1 fully saturated rings. The van der Waals surface area contributed by atoms with E-state index in [1.165, 1.54) is 0 Å². The number of unbranched alkanes of at least 4 members (excludes halogenated alkanes) is 1. The molecular formula is C18H22BrN5O. The number of anilines is 1. The number of carbonyl (C=O) groups excluding carboxylic acids is 1. The van der Waals surface area contributed by atoms with E-state index in [1.54, 1.807) is 11.0 Å². The second-order valence-corrected chi connectivity index (χ2v) is 7.07. The molecule has 3 N–H and O–H groups in total. The second-order valence-electron chi connectivity index (χ2n) is 6.15. The van der Waals surface area contributed by atoms with Crippen molar-refractivity contribution in [3.63, 3.8) is 0 Å². The number of halogens is 1. The van der Waals surface area contributed by atoms with Gasteiger partial charge in [-0.1, -0.05) is 15.9 Å². The topological polar surface area (TPSA) is 106 Å². The molecule has 1 aromatic rings. The molecule has 1 amide bonds. The fraction of sp³-hybridized carbons (Fsp3) is 0.500. The number of amides is 1. The number of hydrogen-bond acceptors (Lipinski definition) is 5. The molecule has 0 bridgehead atoms. The van der Waals surface area contributed by atoms with Gasteiger partial charge < -0.3 is 16.0 Å².